The molecule has 0 aromatic heterocycles. The Bertz CT molecular complexity index is 1310. The van der Waals surface area contributed by atoms with Crippen molar-refractivity contribution in [1.29, 1.82) is 0 Å². The lowest BCUT2D eigenvalue weighted by Crippen LogP contribution is -2.19. The Balaban J connectivity index is 1.51. The van der Waals surface area contributed by atoms with E-state index in [0.29, 0.717) is 50.4 Å². The Kier molecular flexibility index (Phi) is 7.84. The first kappa shape index (κ1) is 24.5. The van der Waals surface area contributed by atoms with E-state index in [1.165, 1.54) is 11.8 Å². The van der Waals surface area contributed by atoms with Gasteiger partial charge in [0.25, 0.3) is 5.91 Å². The van der Waals surface area contributed by atoms with E-state index in [9.17, 15) is 4.79 Å². The Morgan fingerprint density at radius 3 is 2.49 bits per heavy atom. The van der Waals surface area contributed by atoms with Crippen LogP contribution in [0.3, 0.4) is 0 Å². The van der Waals surface area contributed by atoms with Crippen LogP contribution in [0, 0.1) is 0 Å². The molecule has 0 unspecified atom stereocenters. The van der Waals surface area contributed by atoms with Crippen LogP contribution >= 0.6 is 23.4 Å². The molecule has 0 radical (unpaired) electrons. The maximum atomic E-state index is 12.5. The van der Waals surface area contributed by atoms with Crippen LogP contribution in [0.1, 0.15) is 11.1 Å². The van der Waals surface area contributed by atoms with Gasteiger partial charge in [0.05, 0.1) is 26.2 Å². The minimum absolute atomic E-state index is 0.237. The predicted octanol–water partition coefficient (Wildman–Crippen LogP) is 5.84. The SMILES string of the molecule is COc1ccc(N=C2NC(=O)C(=Cc3ccc(OCc4ccccc4Cl)c(OC)c3)S2)c(OC)c1. The summed E-state index contributed by atoms with van der Waals surface area (Å²) >= 11 is 7.45. The molecule has 0 spiro atoms. The van der Waals surface area contributed by atoms with Gasteiger partial charge in [-0.1, -0.05) is 35.9 Å². The zero-order chi connectivity index (χ0) is 24.8. The standard InChI is InChI=1S/C26H23ClN2O5S/c1-31-18-9-10-20(22(14-18)32-2)28-26-29-25(30)24(35-26)13-16-8-11-21(23(12-16)33-3)34-15-17-6-4-5-7-19(17)27/h4-14H,15H2,1-3H3,(H,28,29,30). The highest BCUT2D eigenvalue weighted by molar-refractivity contribution is 8.18. The maximum Gasteiger partial charge on any atom is 0.264 e. The predicted molar refractivity (Wildman–Crippen MR) is 139 cm³/mol. The number of methoxy groups -OCH3 is 3. The molecule has 1 aliphatic rings. The quantitative estimate of drug-likeness (QED) is 0.384. The summed E-state index contributed by atoms with van der Waals surface area (Å²) in [4.78, 5) is 17.6. The molecule has 0 atom stereocenters. The molecule has 3 aromatic rings. The van der Waals surface area contributed by atoms with Crippen LogP contribution in [-0.4, -0.2) is 32.4 Å². The first-order valence-corrected chi connectivity index (χ1v) is 11.8. The molecule has 1 heterocycles. The molecule has 0 saturated carbocycles. The summed E-state index contributed by atoms with van der Waals surface area (Å²) in [6.45, 7) is 0.309. The normalized spacial score (nSPS) is 15.3. The fourth-order valence-electron chi connectivity index (χ4n) is 3.28. The van der Waals surface area contributed by atoms with Crippen molar-refractivity contribution in [3.63, 3.8) is 0 Å². The van der Waals surface area contributed by atoms with Crippen LogP contribution in [0.5, 0.6) is 23.0 Å². The van der Waals surface area contributed by atoms with Gasteiger partial charge in [-0.15, -0.1) is 0 Å². The number of aliphatic imine (C=N–C) groups is 1. The van der Waals surface area contributed by atoms with Crippen LogP contribution in [0.15, 0.2) is 70.6 Å². The lowest BCUT2D eigenvalue weighted by molar-refractivity contribution is -0.115. The molecular weight excluding hydrogens is 488 g/mol. The Morgan fingerprint density at radius 2 is 1.74 bits per heavy atom. The molecule has 9 heteroatoms. The van der Waals surface area contributed by atoms with Gasteiger partial charge in [0, 0.05) is 16.7 Å². The fourth-order valence-corrected chi connectivity index (χ4v) is 4.31. The van der Waals surface area contributed by atoms with E-state index in [4.69, 9.17) is 30.5 Å². The van der Waals surface area contributed by atoms with E-state index < -0.39 is 0 Å². The van der Waals surface area contributed by atoms with E-state index >= 15 is 0 Å². The number of rotatable bonds is 8. The van der Waals surface area contributed by atoms with Crippen LogP contribution in [0.4, 0.5) is 5.69 Å². The van der Waals surface area contributed by atoms with E-state index in [1.807, 2.05) is 36.4 Å². The van der Waals surface area contributed by atoms with Crippen molar-refractivity contribution in [2.24, 2.45) is 4.99 Å². The third-order valence-corrected chi connectivity index (χ3v) is 6.36. The number of amidine groups is 1. The van der Waals surface area contributed by atoms with Gasteiger partial charge in [-0.2, -0.15) is 0 Å². The lowest BCUT2D eigenvalue weighted by Gasteiger charge is -2.12. The Hall–Kier alpha value is -3.62. The highest BCUT2D eigenvalue weighted by atomic mass is 35.5. The largest absolute Gasteiger partial charge is 0.497 e. The van der Waals surface area contributed by atoms with Crippen molar-refractivity contribution in [2.75, 3.05) is 21.3 Å². The molecule has 180 valence electrons. The van der Waals surface area contributed by atoms with Crippen molar-refractivity contribution in [3.05, 3.63) is 81.7 Å². The van der Waals surface area contributed by atoms with Gasteiger partial charge < -0.3 is 24.3 Å². The van der Waals surface area contributed by atoms with Crippen LogP contribution in [-0.2, 0) is 11.4 Å². The molecule has 0 bridgehead atoms. The number of thioether (sulfide) groups is 1. The summed E-state index contributed by atoms with van der Waals surface area (Å²) in [6.07, 6.45) is 1.77. The Morgan fingerprint density at radius 1 is 0.943 bits per heavy atom. The number of halogens is 1. The average molecular weight is 511 g/mol. The number of benzene rings is 3. The third-order valence-electron chi connectivity index (χ3n) is 5.09. The number of carbonyl (C=O) groups excluding carboxylic acids is 1. The Labute approximate surface area is 212 Å². The summed E-state index contributed by atoms with van der Waals surface area (Å²) in [7, 11) is 4.70. The van der Waals surface area contributed by atoms with Crippen LogP contribution < -0.4 is 24.3 Å². The van der Waals surface area contributed by atoms with Gasteiger partial charge in [-0.3, -0.25) is 4.79 Å². The van der Waals surface area contributed by atoms with E-state index in [-0.39, 0.29) is 5.91 Å². The van der Waals surface area contributed by atoms with Crippen LogP contribution in [0.25, 0.3) is 6.08 Å². The fraction of sp³-hybridized carbons (Fsp3) is 0.154. The molecule has 1 aliphatic heterocycles. The summed E-state index contributed by atoms with van der Waals surface area (Å²) in [5.74, 6) is 2.09. The van der Waals surface area contributed by atoms with Crippen molar-refractivity contribution in [2.45, 2.75) is 6.61 Å². The summed E-state index contributed by atoms with van der Waals surface area (Å²) in [6, 6.07) is 18.3. The zero-order valence-corrected chi connectivity index (χ0v) is 20.9. The van der Waals surface area contributed by atoms with Crippen molar-refractivity contribution >= 4 is 46.2 Å². The molecule has 4 rings (SSSR count). The summed E-state index contributed by atoms with van der Waals surface area (Å²) < 4.78 is 22.0. The van der Waals surface area contributed by atoms with Crippen molar-refractivity contribution in [1.82, 2.24) is 5.32 Å². The van der Waals surface area contributed by atoms with Gasteiger partial charge in [0.2, 0.25) is 0 Å². The van der Waals surface area contributed by atoms with Gasteiger partial charge >= 0.3 is 0 Å². The third kappa shape index (κ3) is 5.90. The second-order valence-electron chi connectivity index (χ2n) is 7.31. The summed E-state index contributed by atoms with van der Waals surface area (Å²) in [5, 5.41) is 3.88. The number of amides is 1. The molecule has 1 amide bonds. The van der Waals surface area contributed by atoms with E-state index in [0.717, 1.165) is 11.1 Å². The number of nitrogens with one attached hydrogen (secondary N) is 1. The second-order valence-corrected chi connectivity index (χ2v) is 8.75. The van der Waals surface area contributed by atoms with Crippen LogP contribution in [0.2, 0.25) is 5.02 Å². The molecule has 1 N–H and O–H groups in total. The topological polar surface area (TPSA) is 78.4 Å². The van der Waals surface area contributed by atoms with Gasteiger partial charge in [0.15, 0.2) is 16.7 Å². The molecular formula is C26H23ClN2O5S. The highest BCUT2D eigenvalue weighted by Gasteiger charge is 2.24. The smallest absolute Gasteiger partial charge is 0.264 e. The first-order chi connectivity index (χ1) is 17.0. The van der Waals surface area contributed by atoms with Crippen molar-refractivity contribution in [3.8, 4) is 23.0 Å². The van der Waals surface area contributed by atoms with Gasteiger partial charge in [-0.25, -0.2) is 4.99 Å². The number of nitrogens with zero attached hydrogens (tertiary/aromatic N) is 1. The number of ether oxygens (including phenoxy) is 4. The minimum Gasteiger partial charge on any atom is -0.497 e. The van der Waals surface area contributed by atoms with E-state index in [2.05, 4.69) is 10.3 Å². The number of hydrogen-bond donors (Lipinski definition) is 1. The number of carbonyl (C=O) groups is 1. The van der Waals surface area contributed by atoms with Crippen molar-refractivity contribution < 1.29 is 23.7 Å². The van der Waals surface area contributed by atoms with E-state index in [1.54, 1.807) is 51.7 Å². The second kappa shape index (κ2) is 11.2. The highest BCUT2D eigenvalue weighted by Crippen LogP contribution is 2.36. The maximum absolute atomic E-state index is 12.5. The van der Waals surface area contributed by atoms with Gasteiger partial charge in [0.1, 0.15) is 23.8 Å². The molecule has 1 saturated heterocycles. The molecule has 35 heavy (non-hydrogen) atoms. The summed E-state index contributed by atoms with van der Waals surface area (Å²) in [5.41, 5.74) is 2.24. The minimum atomic E-state index is -0.237. The molecule has 3 aromatic carbocycles. The molecule has 0 aliphatic carbocycles. The molecule has 1 fully saturated rings. The van der Waals surface area contributed by atoms with Gasteiger partial charge in [-0.05, 0) is 53.7 Å². The monoisotopic (exact) mass is 510 g/mol. The number of hydrogen-bond acceptors (Lipinski definition) is 7. The molecule has 7 nitrogen and oxygen atoms in total. The zero-order valence-electron chi connectivity index (χ0n) is 19.3. The first-order valence-electron chi connectivity index (χ1n) is 10.6. The lowest BCUT2D eigenvalue weighted by atomic mass is 10.2. The average Bonchev–Trinajstić information content (AvgIpc) is 3.22.